The molecule has 1 atom stereocenters. The fourth-order valence-electron chi connectivity index (χ4n) is 4.42. The number of hydrogen-bond donors (Lipinski definition) is 1. The minimum atomic E-state index is -4.11. The van der Waals surface area contributed by atoms with Gasteiger partial charge in [-0.2, -0.15) is 0 Å². The molecule has 2 heterocycles. The van der Waals surface area contributed by atoms with Gasteiger partial charge in [0.15, 0.2) is 0 Å². The molecule has 1 fully saturated rings. The minimum absolute atomic E-state index is 0.0235. The van der Waals surface area contributed by atoms with Gasteiger partial charge in [0.25, 0.3) is 21.5 Å². The molecule has 1 saturated heterocycles. The topological polar surface area (TPSA) is 93.4 Å². The standard InChI is InChI=1S/C25H30N4O4S/c1-17-9-8-14-28(16-17)24(30)22-15-21(13-12-18(22)2)34(32,33)26-23-19(3)27(4)29(25(23)31)20-10-6-5-7-11-20/h5-7,10-13,15,17,26H,8-9,14,16H2,1-4H3. The summed E-state index contributed by atoms with van der Waals surface area (Å²) >= 11 is 0. The zero-order valence-corrected chi connectivity index (χ0v) is 20.7. The molecule has 0 aliphatic carbocycles. The van der Waals surface area contributed by atoms with Gasteiger partial charge in [0, 0.05) is 25.7 Å². The lowest BCUT2D eigenvalue weighted by Crippen LogP contribution is -2.39. The second kappa shape index (κ2) is 9.13. The molecule has 3 aromatic rings. The molecule has 8 nitrogen and oxygen atoms in total. The Labute approximate surface area is 199 Å². The second-order valence-corrected chi connectivity index (χ2v) is 10.7. The molecule has 1 aliphatic rings. The van der Waals surface area contributed by atoms with E-state index >= 15 is 0 Å². The summed E-state index contributed by atoms with van der Waals surface area (Å²) in [7, 11) is -2.41. The summed E-state index contributed by atoms with van der Waals surface area (Å²) in [6.45, 7) is 6.92. The lowest BCUT2D eigenvalue weighted by molar-refractivity contribution is 0.0682. The van der Waals surface area contributed by atoms with Crippen molar-refractivity contribution in [3.63, 3.8) is 0 Å². The highest BCUT2D eigenvalue weighted by Gasteiger charge is 2.26. The number of carbonyl (C=O) groups is 1. The van der Waals surface area contributed by atoms with Crippen LogP contribution in [0.1, 0.15) is 41.4 Å². The van der Waals surface area contributed by atoms with Crippen molar-refractivity contribution in [1.29, 1.82) is 0 Å². The number of para-hydroxylation sites is 1. The van der Waals surface area contributed by atoms with Crippen LogP contribution in [0.4, 0.5) is 5.69 Å². The monoisotopic (exact) mass is 482 g/mol. The molecule has 1 amide bonds. The summed E-state index contributed by atoms with van der Waals surface area (Å²) in [5.74, 6) is 0.253. The van der Waals surface area contributed by atoms with Crippen LogP contribution in [0.5, 0.6) is 0 Å². The number of nitrogens with one attached hydrogen (secondary N) is 1. The van der Waals surface area contributed by atoms with Crippen LogP contribution in [0.2, 0.25) is 0 Å². The highest BCUT2D eigenvalue weighted by Crippen LogP contribution is 2.24. The number of rotatable bonds is 5. The van der Waals surface area contributed by atoms with Crippen molar-refractivity contribution in [1.82, 2.24) is 14.3 Å². The molecule has 1 aromatic heterocycles. The zero-order valence-electron chi connectivity index (χ0n) is 19.9. The summed E-state index contributed by atoms with van der Waals surface area (Å²) in [5.41, 5.74) is 1.68. The van der Waals surface area contributed by atoms with Gasteiger partial charge in [-0.3, -0.25) is 19.0 Å². The number of nitrogens with zero attached hydrogens (tertiary/aromatic N) is 3. The van der Waals surface area contributed by atoms with E-state index in [1.807, 2.05) is 18.2 Å². The third-order valence-electron chi connectivity index (χ3n) is 6.48. The Morgan fingerprint density at radius 2 is 1.79 bits per heavy atom. The Bertz CT molecular complexity index is 1390. The van der Waals surface area contributed by atoms with Gasteiger partial charge in [-0.1, -0.05) is 31.2 Å². The van der Waals surface area contributed by atoms with Crippen molar-refractivity contribution in [2.75, 3.05) is 17.8 Å². The van der Waals surface area contributed by atoms with Crippen LogP contribution in [-0.4, -0.2) is 41.7 Å². The number of likely N-dealkylation sites (tertiary alicyclic amines) is 1. The number of aromatic nitrogens is 2. The molecule has 0 spiro atoms. The average molecular weight is 483 g/mol. The maximum absolute atomic E-state index is 13.3. The molecule has 180 valence electrons. The van der Waals surface area contributed by atoms with Crippen LogP contribution in [0.25, 0.3) is 5.69 Å². The smallest absolute Gasteiger partial charge is 0.296 e. The van der Waals surface area contributed by atoms with Gasteiger partial charge in [0.2, 0.25) is 0 Å². The summed E-state index contributed by atoms with van der Waals surface area (Å²) in [6.07, 6.45) is 2.02. The zero-order chi connectivity index (χ0) is 24.6. The molecule has 1 aliphatic heterocycles. The average Bonchev–Trinajstić information content (AvgIpc) is 3.02. The number of hydrogen-bond acceptors (Lipinski definition) is 4. The first-order valence-corrected chi connectivity index (χ1v) is 12.8. The van der Waals surface area contributed by atoms with E-state index in [-0.39, 0.29) is 16.5 Å². The van der Waals surface area contributed by atoms with Crippen molar-refractivity contribution >= 4 is 21.6 Å². The molecule has 34 heavy (non-hydrogen) atoms. The molecule has 1 unspecified atom stereocenters. The molecule has 9 heteroatoms. The Balaban J connectivity index is 1.68. The lowest BCUT2D eigenvalue weighted by Gasteiger charge is -2.31. The lowest BCUT2D eigenvalue weighted by atomic mass is 9.99. The highest BCUT2D eigenvalue weighted by atomic mass is 32.2. The number of benzene rings is 2. The SMILES string of the molecule is Cc1ccc(S(=O)(=O)Nc2c(C)n(C)n(-c3ccccc3)c2=O)cc1C(=O)N1CCCC(C)C1. The van der Waals surface area contributed by atoms with Crippen LogP contribution in [0.3, 0.4) is 0 Å². The third-order valence-corrected chi connectivity index (χ3v) is 7.83. The van der Waals surface area contributed by atoms with E-state index in [0.717, 1.165) is 12.8 Å². The van der Waals surface area contributed by atoms with Crippen LogP contribution < -0.4 is 10.3 Å². The van der Waals surface area contributed by atoms with Crippen LogP contribution in [0.15, 0.2) is 58.2 Å². The number of sulfonamides is 1. The highest BCUT2D eigenvalue weighted by molar-refractivity contribution is 7.92. The van der Waals surface area contributed by atoms with E-state index in [4.69, 9.17) is 0 Å². The van der Waals surface area contributed by atoms with E-state index in [2.05, 4.69) is 11.6 Å². The van der Waals surface area contributed by atoms with Crippen molar-refractivity contribution in [2.45, 2.75) is 38.5 Å². The summed E-state index contributed by atoms with van der Waals surface area (Å²) < 4.78 is 32.1. The van der Waals surface area contributed by atoms with Gasteiger partial charge < -0.3 is 4.90 Å². The predicted molar refractivity (Wildman–Crippen MR) is 132 cm³/mol. The predicted octanol–water partition coefficient (Wildman–Crippen LogP) is 3.47. The fraction of sp³-hybridized carbons (Fsp3) is 0.360. The number of aryl methyl sites for hydroxylation is 1. The summed E-state index contributed by atoms with van der Waals surface area (Å²) in [4.78, 5) is 28.0. The minimum Gasteiger partial charge on any atom is -0.338 e. The van der Waals surface area contributed by atoms with E-state index in [9.17, 15) is 18.0 Å². The number of amides is 1. The van der Waals surface area contributed by atoms with Crippen LogP contribution in [0, 0.1) is 19.8 Å². The Kier molecular flexibility index (Phi) is 6.40. The van der Waals surface area contributed by atoms with Crippen LogP contribution in [-0.2, 0) is 17.1 Å². The first-order valence-electron chi connectivity index (χ1n) is 11.4. The van der Waals surface area contributed by atoms with Gasteiger partial charge in [-0.25, -0.2) is 13.1 Å². The van der Waals surface area contributed by atoms with Crippen molar-refractivity contribution in [3.05, 3.63) is 75.7 Å². The van der Waals surface area contributed by atoms with E-state index in [1.165, 1.54) is 16.8 Å². The first kappa shape index (κ1) is 23.8. The first-order chi connectivity index (χ1) is 16.1. The molecule has 0 radical (unpaired) electrons. The van der Waals surface area contributed by atoms with E-state index < -0.39 is 15.6 Å². The quantitative estimate of drug-likeness (QED) is 0.603. The maximum atomic E-state index is 13.3. The van der Waals surface area contributed by atoms with E-state index in [0.29, 0.717) is 41.5 Å². The molecule has 0 saturated carbocycles. The van der Waals surface area contributed by atoms with Crippen molar-refractivity contribution in [3.8, 4) is 5.69 Å². The second-order valence-electron chi connectivity index (χ2n) is 9.02. The number of carbonyl (C=O) groups excluding carboxylic acids is 1. The molecule has 1 N–H and O–H groups in total. The number of piperidine rings is 1. The Hall–Kier alpha value is -3.33. The van der Waals surface area contributed by atoms with Gasteiger partial charge in [-0.15, -0.1) is 0 Å². The van der Waals surface area contributed by atoms with Crippen molar-refractivity contribution in [2.24, 2.45) is 13.0 Å². The molecule has 4 rings (SSSR count). The van der Waals surface area contributed by atoms with Gasteiger partial charge in [0.1, 0.15) is 5.69 Å². The Morgan fingerprint density at radius 1 is 1.09 bits per heavy atom. The van der Waals surface area contributed by atoms with Gasteiger partial charge in [-0.05, 0) is 62.4 Å². The Morgan fingerprint density at radius 3 is 2.47 bits per heavy atom. The molecule has 0 bridgehead atoms. The molecular formula is C25H30N4O4S. The largest absolute Gasteiger partial charge is 0.338 e. The number of anilines is 1. The van der Waals surface area contributed by atoms with Gasteiger partial charge >= 0.3 is 0 Å². The summed E-state index contributed by atoms with van der Waals surface area (Å²) in [6, 6.07) is 13.5. The fourth-order valence-corrected chi connectivity index (χ4v) is 5.56. The maximum Gasteiger partial charge on any atom is 0.296 e. The van der Waals surface area contributed by atoms with Crippen molar-refractivity contribution < 1.29 is 13.2 Å². The third kappa shape index (κ3) is 4.40. The van der Waals surface area contributed by atoms with E-state index in [1.54, 1.807) is 48.7 Å². The summed E-state index contributed by atoms with van der Waals surface area (Å²) in [5, 5.41) is 0. The normalized spacial score (nSPS) is 16.5. The molecular weight excluding hydrogens is 452 g/mol. The van der Waals surface area contributed by atoms with Gasteiger partial charge in [0.05, 0.1) is 16.3 Å². The molecule has 2 aromatic carbocycles. The van der Waals surface area contributed by atoms with Crippen LogP contribution >= 0.6 is 0 Å².